The van der Waals surface area contributed by atoms with E-state index in [1.54, 1.807) is 24.8 Å². The van der Waals surface area contributed by atoms with Crippen LogP contribution in [-0.2, 0) is 27.4 Å². The SMILES string of the molecule is Cc1nc2c(c(N(C3CN(c4cc(O[C@H]5CC[C@@H](Nc6nccc(C7CC7)n6)CC5)c5nccnc5c4)CCO3)[C@H]3CC[C@@H](Oc4cc(N5CCOCC5)cc5nccnc45)CC3)n1)COC2. The monoisotopic (exact) mass is 906 g/mol. The highest BCUT2D eigenvalue weighted by Gasteiger charge is 2.38. The molecule has 3 aliphatic heterocycles. The van der Waals surface area contributed by atoms with Gasteiger partial charge in [-0.2, -0.15) is 0 Å². The number of fused-ring (bicyclic) bond motifs is 3. The smallest absolute Gasteiger partial charge is 0.223 e. The standard InChI is InChI=1S/C50H58N12O5/c1-31-56-43-30-64-29-39(43)49(57-31)62(34-6-10-38(11-7-34)67-44-26-35(60-18-21-63-22-19-60)24-41-47(44)53-16-14-51-41)46-28-61(20-23-65-46)36-25-42-48(54-17-15-52-42)45(27-36)66-37-8-4-33(5-9-37)58-50-55-13-12-40(59-50)32-2-3-32/h12-17,24-27,32-34,37-38,46H,2-11,18-23,28-30H2,1H3,(H,55,58,59)/t33-,34-,37+,38+,46?. The predicted molar refractivity (Wildman–Crippen MR) is 253 cm³/mol. The first-order valence-corrected chi connectivity index (χ1v) is 24.4. The fraction of sp³-hybridized carbons (Fsp3) is 0.520. The predicted octanol–water partition coefficient (Wildman–Crippen LogP) is 7.07. The summed E-state index contributed by atoms with van der Waals surface area (Å²) in [7, 11) is 0. The maximum Gasteiger partial charge on any atom is 0.223 e. The summed E-state index contributed by atoms with van der Waals surface area (Å²) >= 11 is 0. The van der Waals surface area contributed by atoms with Crippen LogP contribution in [0, 0.1) is 6.92 Å². The van der Waals surface area contributed by atoms with Gasteiger partial charge in [0.2, 0.25) is 5.95 Å². The van der Waals surface area contributed by atoms with Gasteiger partial charge in [-0.15, -0.1) is 0 Å². The van der Waals surface area contributed by atoms with Crippen LogP contribution >= 0.6 is 0 Å². The molecule has 3 aliphatic carbocycles. The van der Waals surface area contributed by atoms with Gasteiger partial charge in [0.05, 0.1) is 68.5 Å². The van der Waals surface area contributed by atoms with Gasteiger partial charge in [-0.25, -0.2) is 29.9 Å². The number of aromatic nitrogens is 8. The third-order valence-electron chi connectivity index (χ3n) is 14.4. The van der Waals surface area contributed by atoms with E-state index in [2.05, 4.69) is 60.3 Å². The van der Waals surface area contributed by atoms with Crippen LogP contribution < -0.4 is 29.5 Å². The highest BCUT2D eigenvalue weighted by Crippen LogP contribution is 2.41. The quantitative estimate of drug-likeness (QED) is 0.132. The van der Waals surface area contributed by atoms with Crippen molar-refractivity contribution in [2.24, 2.45) is 0 Å². The number of benzene rings is 2. The summed E-state index contributed by atoms with van der Waals surface area (Å²) in [6.07, 6.45) is 18.5. The number of anilines is 4. The average molecular weight is 907 g/mol. The van der Waals surface area contributed by atoms with Crippen molar-refractivity contribution in [3.8, 4) is 11.5 Å². The van der Waals surface area contributed by atoms with Crippen molar-refractivity contribution in [2.45, 2.75) is 121 Å². The van der Waals surface area contributed by atoms with Crippen LogP contribution in [0.25, 0.3) is 22.1 Å². The lowest BCUT2D eigenvalue weighted by atomic mass is 9.91. The molecule has 6 aromatic rings. The Kier molecular flexibility index (Phi) is 11.7. The molecule has 12 rings (SSSR count). The molecule has 67 heavy (non-hydrogen) atoms. The lowest BCUT2D eigenvalue weighted by Gasteiger charge is -2.46. The minimum absolute atomic E-state index is 0.0229. The number of aryl methyl sites for hydroxylation is 1. The summed E-state index contributed by atoms with van der Waals surface area (Å²) in [5, 5.41) is 3.61. The molecule has 7 heterocycles. The Morgan fingerprint density at radius 3 is 2.00 bits per heavy atom. The van der Waals surface area contributed by atoms with E-state index >= 15 is 0 Å². The Labute approximate surface area is 390 Å². The topological polar surface area (TPSA) is 171 Å². The van der Waals surface area contributed by atoms with Gasteiger partial charge in [-0.3, -0.25) is 9.97 Å². The highest BCUT2D eigenvalue weighted by molar-refractivity contribution is 5.86. The molecule has 0 spiro atoms. The zero-order valence-electron chi connectivity index (χ0n) is 38.1. The number of ether oxygens (including phenoxy) is 5. The molecule has 5 fully saturated rings. The molecule has 17 heteroatoms. The van der Waals surface area contributed by atoms with E-state index in [0.717, 1.165) is 150 Å². The van der Waals surface area contributed by atoms with Crippen molar-refractivity contribution in [1.82, 2.24) is 39.9 Å². The third kappa shape index (κ3) is 9.08. The molecular weight excluding hydrogens is 849 g/mol. The largest absolute Gasteiger partial charge is 0.488 e. The summed E-state index contributed by atoms with van der Waals surface area (Å²) in [6.45, 7) is 7.92. The van der Waals surface area contributed by atoms with Crippen molar-refractivity contribution in [3.63, 3.8) is 0 Å². The minimum Gasteiger partial charge on any atom is -0.488 e. The Balaban J connectivity index is 0.769. The molecule has 2 saturated heterocycles. The molecule has 0 radical (unpaired) electrons. The van der Waals surface area contributed by atoms with Gasteiger partial charge in [0.1, 0.15) is 40.4 Å². The molecule has 6 aliphatic rings. The van der Waals surface area contributed by atoms with Gasteiger partial charge in [0, 0.05) is 103 Å². The van der Waals surface area contributed by atoms with Gasteiger partial charge in [0.25, 0.3) is 0 Å². The van der Waals surface area contributed by atoms with Gasteiger partial charge in [-0.1, -0.05) is 0 Å². The van der Waals surface area contributed by atoms with E-state index in [0.29, 0.717) is 51.5 Å². The Morgan fingerprint density at radius 1 is 0.642 bits per heavy atom. The number of morpholine rings is 2. The van der Waals surface area contributed by atoms with Gasteiger partial charge >= 0.3 is 0 Å². The molecule has 348 valence electrons. The summed E-state index contributed by atoms with van der Waals surface area (Å²) < 4.78 is 32.2. The van der Waals surface area contributed by atoms with Crippen molar-refractivity contribution in [2.75, 3.05) is 66.0 Å². The zero-order valence-corrected chi connectivity index (χ0v) is 38.1. The molecule has 2 aromatic carbocycles. The number of nitrogens with zero attached hydrogens (tertiary/aromatic N) is 11. The van der Waals surface area contributed by atoms with Crippen LogP contribution in [0.3, 0.4) is 0 Å². The fourth-order valence-electron chi connectivity index (χ4n) is 10.7. The number of hydrogen-bond donors (Lipinski definition) is 1. The van der Waals surface area contributed by atoms with E-state index in [1.807, 2.05) is 13.1 Å². The first kappa shape index (κ1) is 42.3. The Hall–Kier alpha value is -6.04. The van der Waals surface area contributed by atoms with E-state index in [4.69, 9.17) is 53.6 Å². The average Bonchev–Trinajstić information content (AvgIpc) is 4.12. The zero-order chi connectivity index (χ0) is 44.7. The van der Waals surface area contributed by atoms with Crippen molar-refractivity contribution < 1.29 is 23.7 Å². The Bertz CT molecular complexity index is 2720. The summed E-state index contributed by atoms with van der Waals surface area (Å²) in [6, 6.07) is 11.1. The fourth-order valence-corrected chi connectivity index (χ4v) is 10.7. The van der Waals surface area contributed by atoms with Gasteiger partial charge < -0.3 is 43.7 Å². The summed E-state index contributed by atoms with van der Waals surface area (Å²) in [5.41, 5.74) is 8.52. The molecule has 1 atom stereocenters. The van der Waals surface area contributed by atoms with E-state index in [9.17, 15) is 0 Å². The van der Waals surface area contributed by atoms with Crippen LogP contribution in [0.2, 0.25) is 0 Å². The van der Waals surface area contributed by atoms with Gasteiger partial charge in [-0.05, 0) is 89.3 Å². The molecular formula is C50H58N12O5. The highest BCUT2D eigenvalue weighted by atomic mass is 16.5. The Morgan fingerprint density at radius 2 is 1.30 bits per heavy atom. The number of rotatable bonds is 12. The second-order valence-corrected chi connectivity index (χ2v) is 18.9. The molecule has 0 amide bonds. The first-order valence-electron chi connectivity index (χ1n) is 24.4. The number of hydrogen-bond acceptors (Lipinski definition) is 17. The lowest BCUT2D eigenvalue weighted by molar-refractivity contribution is 0.0261. The van der Waals surface area contributed by atoms with E-state index < -0.39 is 0 Å². The lowest BCUT2D eigenvalue weighted by Crippen LogP contribution is -2.56. The van der Waals surface area contributed by atoms with Crippen molar-refractivity contribution >= 4 is 45.2 Å². The number of nitrogens with one attached hydrogen (secondary N) is 1. The normalized spacial score (nSPS) is 24.4. The van der Waals surface area contributed by atoms with Crippen molar-refractivity contribution in [1.29, 1.82) is 0 Å². The summed E-state index contributed by atoms with van der Waals surface area (Å²) in [5.74, 6) is 4.54. The van der Waals surface area contributed by atoms with Crippen LogP contribution in [-0.4, -0.2) is 116 Å². The van der Waals surface area contributed by atoms with Crippen LogP contribution in [0.5, 0.6) is 11.5 Å². The maximum absolute atomic E-state index is 6.90. The first-order chi connectivity index (χ1) is 33.0. The van der Waals surface area contributed by atoms with Crippen molar-refractivity contribution in [3.05, 3.63) is 84.1 Å². The van der Waals surface area contributed by atoms with Crippen LogP contribution in [0.15, 0.2) is 61.3 Å². The molecule has 3 saturated carbocycles. The second kappa shape index (κ2) is 18.6. The molecule has 0 bridgehead atoms. The van der Waals surface area contributed by atoms with Crippen LogP contribution in [0.4, 0.5) is 23.1 Å². The molecule has 1 unspecified atom stereocenters. The third-order valence-corrected chi connectivity index (χ3v) is 14.4. The summed E-state index contributed by atoms with van der Waals surface area (Å²) in [4.78, 5) is 45.4. The molecule has 1 N–H and O–H groups in total. The van der Waals surface area contributed by atoms with Gasteiger partial charge in [0.15, 0.2) is 0 Å². The van der Waals surface area contributed by atoms with E-state index in [-0.39, 0.29) is 24.5 Å². The second-order valence-electron chi connectivity index (χ2n) is 18.9. The minimum atomic E-state index is -0.279. The van der Waals surface area contributed by atoms with E-state index in [1.165, 1.54) is 12.8 Å². The molecule has 17 nitrogen and oxygen atoms in total. The maximum atomic E-state index is 6.90. The van der Waals surface area contributed by atoms with Crippen LogP contribution in [0.1, 0.15) is 92.9 Å². The molecule has 4 aromatic heterocycles.